The molecule has 0 aliphatic heterocycles. The van der Waals surface area contributed by atoms with Gasteiger partial charge in [0.1, 0.15) is 0 Å². The minimum Gasteiger partial charge on any atom is -0.344 e. The van der Waals surface area contributed by atoms with Gasteiger partial charge in [-0.15, -0.1) is 0 Å². The van der Waals surface area contributed by atoms with Gasteiger partial charge in [0, 0.05) is 34.3 Å². The summed E-state index contributed by atoms with van der Waals surface area (Å²) < 4.78 is 2.27. The molecule has 0 atom stereocenters. The van der Waals surface area contributed by atoms with Crippen molar-refractivity contribution in [2.24, 2.45) is 12.5 Å². The average Bonchev–Trinajstić information content (AvgIpc) is 2.51. The highest BCUT2D eigenvalue weighted by atomic mass is 14.9. The molecule has 0 fully saturated rings. The van der Waals surface area contributed by atoms with Crippen LogP contribution in [0.15, 0.2) is 24.3 Å². The van der Waals surface area contributed by atoms with Crippen LogP contribution in [0.2, 0.25) is 0 Å². The number of hydrogen-bond acceptors (Lipinski definition) is 0. The van der Waals surface area contributed by atoms with Crippen LogP contribution in [0.1, 0.15) is 39.0 Å². The summed E-state index contributed by atoms with van der Waals surface area (Å²) in [5.41, 5.74) is 2.73. The second-order valence-corrected chi connectivity index (χ2v) is 5.63. The molecule has 1 aromatic heterocycles. The Hall–Kier alpha value is -1.76. The van der Waals surface area contributed by atoms with E-state index in [1.807, 2.05) is 6.92 Å². The van der Waals surface area contributed by atoms with E-state index in [0.29, 0.717) is 0 Å². The molecule has 19 heavy (non-hydrogen) atoms. The minimum absolute atomic E-state index is 0.122. The van der Waals surface area contributed by atoms with Crippen molar-refractivity contribution in [1.82, 2.24) is 4.57 Å². The van der Waals surface area contributed by atoms with Gasteiger partial charge in [-0.1, -0.05) is 50.3 Å². The van der Waals surface area contributed by atoms with Gasteiger partial charge < -0.3 is 4.57 Å². The van der Waals surface area contributed by atoms with Crippen LogP contribution >= 0.6 is 0 Å². The van der Waals surface area contributed by atoms with Gasteiger partial charge in [0.2, 0.25) is 0 Å². The third kappa shape index (κ3) is 2.51. The molecule has 0 aromatic carbocycles. The first kappa shape index (κ1) is 13.7. The quantitative estimate of drug-likeness (QED) is 0.724. The first-order valence-corrected chi connectivity index (χ1v) is 6.86. The van der Waals surface area contributed by atoms with Crippen LogP contribution in [0.4, 0.5) is 0 Å². The Labute approximate surface area is 116 Å². The van der Waals surface area contributed by atoms with Crippen molar-refractivity contribution in [2.75, 3.05) is 0 Å². The molecule has 2 rings (SSSR count). The Morgan fingerprint density at radius 3 is 2.42 bits per heavy atom. The summed E-state index contributed by atoms with van der Waals surface area (Å²) in [5.74, 6) is 0. The molecule has 1 aliphatic carbocycles. The van der Waals surface area contributed by atoms with Gasteiger partial charge in [0.25, 0.3) is 0 Å². The van der Waals surface area contributed by atoms with Crippen molar-refractivity contribution in [1.29, 1.82) is 0 Å². The molecule has 0 radical (unpaired) electrons. The predicted octanol–water partition coefficient (Wildman–Crippen LogP) is 3.25. The fourth-order valence-electron chi connectivity index (χ4n) is 2.48. The van der Waals surface area contributed by atoms with E-state index in [1.54, 1.807) is 0 Å². The monoisotopic (exact) mass is 253 g/mol. The van der Waals surface area contributed by atoms with Gasteiger partial charge in [-0.05, 0) is 26.0 Å². The number of aromatic nitrogens is 1. The Kier molecular flexibility index (Phi) is 3.66. The zero-order valence-corrected chi connectivity index (χ0v) is 12.6. The zero-order valence-electron chi connectivity index (χ0n) is 12.6. The molecular weight excluding hydrogens is 230 g/mol. The van der Waals surface area contributed by atoms with Crippen LogP contribution < -0.4 is 10.6 Å². The highest BCUT2D eigenvalue weighted by Gasteiger charge is 2.15. The fraction of sp³-hybridized carbons (Fsp3) is 0.333. The molecule has 0 bridgehead atoms. The van der Waals surface area contributed by atoms with E-state index in [-0.39, 0.29) is 5.41 Å². The summed E-state index contributed by atoms with van der Waals surface area (Å²) in [6.45, 7) is 8.61. The Bertz CT molecular complexity index is 676. The standard InChI is InChI=1S/C18H23N/c1-6-8-9-16-14(7-2)15-10-12-18(3,4)13-11-17(15)19(16)5/h6-13H,1-5H3/b8-6-,14-7-,16-9+. The molecule has 1 aliphatic rings. The van der Waals surface area contributed by atoms with E-state index in [0.717, 1.165) is 0 Å². The van der Waals surface area contributed by atoms with Gasteiger partial charge in [-0.3, -0.25) is 0 Å². The van der Waals surface area contributed by atoms with E-state index < -0.39 is 0 Å². The number of nitrogens with zero attached hydrogens (tertiary/aromatic N) is 1. The number of fused-ring (bicyclic) bond motifs is 1. The number of allylic oxidation sites excluding steroid dienone is 4. The molecule has 1 heteroatoms. The van der Waals surface area contributed by atoms with E-state index in [1.165, 1.54) is 21.8 Å². The van der Waals surface area contributed by atoms with Gasteiger partial charge in [-0.25, -0.2) is 0 Å². The topological polar surface area (TPSA) is 4.93 Å². The molecule has 0 saturated carbocycles. The lowest BCUT2D eigenvalue weighted by Gasteiger charge is -2.12. The number of rotatable bonds is 1. The lowest BCUT2D eigenvalue weighted by Crippen LogP contribution is -2.28. The van der Waals surface area contributed by atoms with Crippen LogP contribution in [-0.2, 0) is 7.05 Å². The largest absolute Gasteiger partial charge is 0.344 e. The van der Waals surface area contributed by atoms with E-state index in [2.05, 4.69) is 81.0 Å². The molecular formula is C18H23N. The summed E-state index contributed by atoms with van der Waals surface area (Å²) >= 11 is 0. The van der Waals surface area contributed by atoms with Crippen LogP contribution in [-0.4, -0.2) is 4.57 Å². The summed E-state index contributed by atoms with van der Waals surface area (Å²) in [7, 11) is 2.14. The summed E-state index contributed by atoms with van der Waals surface area (Å²) in [6, 6.07) is 0. The Morgan fingerprint density at radius 1 is 1.11 bits per heavy atom. The van der Waals surface area contributed by atoms with Crippen molar-refractivity contribution in [3.8, 4) is 0 Å². The van der Waals surface area contributed by atoms with Crippen LogP contribution in [0.25, 0.3) is 24.3 Å². The molecule has 0 spiro atoms. The normalized spacial score (nSPS) is 19.2. The molecule has 100 valence electrons. The van der Waals surface area contributed by atoms with Crippen LogP contribution in [0.3, 0.4) is 0 Å². The lowest BCUT2D eigenvalue weighted by molar-refractivity contribution is 0.633. The SMILES string of the molecule is C\C=C/C=c1\c(=C/C)c2c(n1C)C=CC(C)(C)C=C2. The van der Waals surface area contributed by atoms with Gasteiger partial charge in [0.15, 0.2) is 0 Å². The highest BCUT2D eigenvalue weighted by molar-refractivity contribution is 5.69. The molecule has 1 heterocycles. The van der Waals surface area contributed by atoms with Gasteiger partial charge in [0.05, 0.1) is 0 Å². The minimum atomic E-state index is 0.122. The third-order valence-corrected chi connectivity index (χ3v) is 3.65. The van der Waals surface area contributed by atoms with Crippen LogP contribution in [0.5, 0.6) is 0 Å². The second kappa shape index (κ2) is 5.08. The molecule has 0 saturated heterocycles. The van der Waals surface area contributed by atoms with Gasteiger partial charge >= 0.3 is 0 Å². The van der Waals surface area contributed by atoms with Crippen molar-refractivity contribution < 1.29 is 0 Å². The average molecular weight is 253 g/mol. The maximum atomic E-state index is 2.28. The van der Waals surface area contributed by atoms with Gasteiger partial charge in [-0.2, -0.15) is 0 Å². The zero-order chi connectivity index (χ0) is 14.0. The van der Waals surface area contributed by atoms with Crippen molar-refractivity contribution >= 4 is 24.3 Å². The highest BCUT2D eigenvalue weighted by Crippen LogP contribution is 2.25. The predicted molar refractivity (Wildman–Crippen MR) is 85.9 cm³/mol. The van der Waals surface area contributed by atoms with Crippen molar-refractivity contribution in [3.05, 3.63) is 46.1 Å². The first-order chi connectivity index (χ1) is 9.00. The summed E-state index contributed by atoms with van der Waals surface area (Å²) in [4.78, 5) is 0. The Morgan fingerprint density at radius 2 is 1.79 bits per heavy atom. The maximum absolute atomic E-state index is 2.28. The molecule has 0 amide bonds. The van der Waals surface area contributed by atoms with E-state index in [4.69, 9.17) is 0 Å². The summed E-state index contributed by atoms with van der Waals surface area (Å²) in [6.07, 6.45) is 17.6. The van der Waals surface area contributed by atoms with Crippen LogP contribution in [0, 0.1) is 5.41 Å². The molecule has 0 N–H and O–H groups in total. The van der Waals surface area contributed by atoms with E-state index >= 15 is 0 Å². The maximum Gasteiger partial charge on any atom is 0.0485 e. The number of hydrogen-bond donors (Lipinski definition) is 0. The second-order valence-electron chi connectivity index (χ2n) is 5.63. The fourth-order valence-corrected chi connectivity index (χ4v) is 2.48. The first-order valence-electron chi connectivity index (χ1n) is 6.86. The molecule has 1 aromatic rings. The third-order valence-electron chi connectivity index (χ3n) is 3.65. The lowest BCUT2D eigenvalue weighted by atomic mass is 9.93. The molecule has 1 nitrogen and oxygen atoms in total. The molecule has 0 unspecified atom stereocenters. The van der Waals surface area contributed by atoms with E-state index in [9.17, 15) is 0 Å². The summed E-state index contributed by atoms with van der Waals surface area (Å²) in [5, 5.41) is 2.58. The Balaban J connectivity index is 2.81. The van der Waals surface area contributed by atoms with Crippen molar-refractivity contribution in [3.63, 3.8) is 0 Å². The smallest absolute Gasteiger partial charge is 0.0485 e. The van der Waals surface area contributed by atoms with Crippen molar-refractivity contribution in [2.45, 2.75) is 27.7 Å².